The van der Waals surface area contributed by atoms with E-state index in [4.69, 9.17) is 5.73 Å². The number of phenolic OH excluding ortho intramolecular Hbond substituents is 1. The van der Waals surface area contributed by atoms with E-state index in [0.29, 0.717) is 36.8 Å². The molecule has 0 saturated carbocycles. The molecule has 1 amide bonds. The SMILES string of the molecule is Cc1ccc(C(=O)N2CCC(N(C)Cc3nccc(N)n3)C2)c(O)c1. The van der Waals surface area contributed by atoms with Crippen molar-refractivity contribution in [1.82, 2.24) is 19.8 Å². The van der Waals surface area contributed by atoms with E-state index in [1.54, 1.807) is 29.3 Å². The van der Waals surface area contributed by atoms with Gasteiger partial charge in [0.1, 0.15) is 17.4 Å². The van der Waals surface area contributed by atoms with Crippen LogP contribution in [0.25, 0.3) is 0 Å². The largest absolute Gasteiger partial charge is 0.507 e. The summed E-state index contributed by atoms with van der Waals surface area (Å²) in [5.74, 6) is 1.03. The molecule has 7 heteroatoms. The van der Waals surface area contributed by atoms with Gasteiger partial charge in [-0.3, -0.25) is 9.69 Å². The van der Waals surface area contributed by atoms with Crippen LogP contribution in [0.4, 0.5) is 5.82 Å². The third-order valence-electron chi connectivity index (χ3n) is 4.58. The number of hydrogen-bond acceptors (Lipinski definition) is 6. The zero-order valence-electron chi connectivity index (χ0n) is 14.5. The maximum atomic E-state index is 12.7. The van der Waals surface area contributed by atoms with Gasteiger partial charge in [0.25, 0.3) is 5.91 Å². The summed E-state index contributed by atoms with van der Waals surface area (Å²) in [7, 11) is 1.99. The molecule has 2 aromatic rings. The number of anilines is 1. The Labute approximate surface area is 147 Å². The van der Waals surface area contributed by atoms with Crippen LogP contribution in [-0.2, 0) is 6.54 Å². The second kappa shape index (κ2) is 7.06. The van der Waals surface area contributed by atoms with Gasteiger partial charge in [-0.25, -0.2) is 9.97 Å². The first-order valence-corrected chi connectivity index (χ1v) is 8.30. The summed E-state index contributed by atoms with van der Waals surface area (Å²) in [6, 6.07) is 7.02. The molecule has 1 aliphatic heterocycles. The molecule has 0 radical (unpaired) electrons. The zero-order chi connectivity index (χ0) is 18.0. The highest BCUT2D eigenvalue weighted by Crippen LogP contribution is 2.24. The summed E-state index contributed by atoms with van der Waals surface area (Å²) < 4.78 is 0. The molecule has 2 heterocycles. The first kappa shape index (κ1) is 17.2. The second-order valence-corrected chi connectivity index (χ2v) is 6.53. The number of aromatic hydroxyl groups is 1. The number of benzene rings is 1. The maximum Gasteiger partial charge on any atom is 0.257 e. The number of rotatable bonds is 4. The van der Waals surface area contributed by atoms with E-state index in [1.165, 1.54) is 0 Å². The van der Waals surface area contributed by atoms with Gasteiger partial charge in [0, 0.05) is 25.3 Å². The molecule has 0 bridgehead atoms. The fourth-order valence-electron chi connectivity index (χ4n) is 3.12. The number of nitrogens with two attached hydrogens (primary N) is 1. The van der Waals surface area contributed by atoms with Crippen molar-refractivity contribution in [3.8, 4) is 5.75 Å². The molecule has 7 nitrogen and oxygen atoms in total. The summed E-state index contributed by atoms with van der Waals surface area (Å²) in [6.07, 6.45) is 2.52. The lowest BCUT2D eigenvalue weighted by atomic mass is 10.1. The lowest BCUT2D eigenvalue weighted by Crippen LogP contribution is -2.36. The molecule has 25 heavy (non-hydrogen) atoms. The Kier molecular flexibility index (Phi) is 4.85. The van der Waals surface area contributed by atoms with Crippen LogP contribution in [-0.4, -0.2) is 57.0 Å². The third kappa shape index (κ3) is 3.88. The predicted molar refractivity (Wildman–Crippen MR) is 95.1 cm³/mol. The highest BCUT2D eigenvalue weighted by atomic mass is 16.3. The van der Waals surface area contributed by atoms with Crippen molar-refractivity contribution in [2.24, 2.45) is 0 Å². The average molecular weight is 341 g/mol. The number of amides is 1. The van der Waals surface area contributed by atoms with Crippen molar-refractivity contribution >= 4 is 11.7 Å². The minimum Gasteiger partial charge on any atom is -0.507 e. The Morgan fingerprint density at radius 1 is 1.44 bits per heavy atom. The molecule has 1 atom stereocenters. The van der Waals surface area contributed by atoms with E-state index in [-0.39, 0.29) is 17.7 Å². The number of nitrogen functional groups attached to an aromatic ring is 1. The first-order chi connectivity index (χ1) is 11.9. The zero-order valence-corrected chi connectivity index (χ0v) is 14.5. The van der Waals surface area contributed by atoms with Gasteiger partial charge in [-0.1, -0.05) is 6.07 Å². The molecule has 0 spiro atoms. The van der Waals surface area contributed by atoms with Crippen molar-refractivity contribution in [3.05, 3.63) is 47.4 Å². The molecule has 1 aromatic heterocycles. The summed E-state index contributed by atoms with van der Waals surface area (Å²) in [4.78, 5) is 25.0. The number of aryl methyl sites for hydroxylation is 1. The highest BCUT2D eigenvalue weighted by molar-refractivity contribution is 5.97. The van der Waals surface area contributed by atoms with Gasteiger partial charge in [-0.2, -0.15) is 0 Å². The van der Waals surface area contributed by atoms with Gasteiger partial charge in [0.15, 0.2) is 0 Å². The van der Waals surface area contributed by atoms with Crippen molar-refractivity contribution in [2.75, 3.05) is 25.9 Å². The molecule has 3 rings (SSSR count). The van der Waals surface area contributed by atoms with Crippen LogP contribution in [0.1, 0.15) is 28.2 Å². The summed E-state index contributed by atoms with van der Waals surface area (Å²) in [5, 5.41) is 10.0. The van der Waals surface area contributed by atoms with Crippen molar-refractivity contribution in [2.45, 2.75) is 25.9 Å². The van der Waals surface area contributed by atoms with E-state index in [1.807, 2.05) is 20.0 Å². The summed E-state index contributed by atoms with van der Waals surface area (Å²) in [6.45, 7) is 3.74. The van der Waals surface area contributed by atoms with Gasteiger partial charge in [0.05, 0.1) is 12.1 Å². The standard InChI is InChI=1S/C18H23N5O2/c1-12-3-4-14(15(24)9-12)18(25)23-8-6-13(10-23)22(2)11-17-20-7-5-16(19)21-17/h3-5,7,9,13,24H,6,8,10-11H2,1-2H3,(H2,19,20,21). The number of phenols is 1. The number of likely N-dealkylation sites (tertiary alicyclic amines) is 1. The Balaban J connectivity index is 1.63. The fraction of sp³-hybridized carbons (Fsp3) is 0.389. The molecule has 1 saturated heterocycles. The van der Waals surface area contributed by atoms with E-state index in [2.05, 4.69) is 14.9 Å². The minimum atomic E-state index is -0.131. The first-order valence-electron chi connectivity index (χ1n) is 8.30. The molecular weight excluding hydrogens is 318 g/mol. The molecule has 1 aliphatic rings. The molecule has 1 unspecified atom stereocenters. The lowest BCUT2D eigenvalue weighted by molar-refractivity contribution is 0.0776. The van der Waals surface area contributed by atoms with Gasteiger partial charge < -0.3 is 15.7 Å². The Morgan fingerprint density at radius 2 is 2.24 bits per heavy atom. The van der Waals surface area contributed by atoms with Gasteiger partial charge in [-0.05, 0) is 44.2 Å². The van der Waals surface area contributed by atoms with Crippen LogP contribution in [0, 0.1) is 6.92 Å². The van der Waals surface area contributed by atoms with Gasteiger partial charge >= 0.3 is 0 Å². The summed E-state index contributed by atoms with van der Waals surface area (Å²) in [5.41, 5.74) is 6.97. The van der Waals surface area contributed by atoms with Crippen LogP contribution < -0.4 is 5.73 Å². The van der Waals surface area contributed by atoms with Crippen LogP contribution >= 0.6 is 0 Å². The molecule has 0 aliphatic carbocycles. The predicted octanol–water partition coefficient (Wildman–Crippen LogP) is 1.42. The number of aromatic nitrogens is 2. The van der Waals surface area contributed by atoms with Crippen LogP contribution in [0.5, 0.6) is 5.75 Å². The number of carbonyl (C=O) groups is 1. The highest BCUT2D eigenvalue weighted by Gasteiger charge is 2.30. The molecule has 132 valence electrons. The Morgan fingerprint density at radius 3 is 2.96 bits per heavy atom. The van der Waals surface area contributed by atoms with Crippen molar-refractivity contribution < 1.29 is 9.90 Å². The molecule has 3 N–H and O–H groups in total. The maximum absolute atomic E-state index is 12.7. The van der Waals surface area contributed by atoms with Gasteiger partial charge in [-0.15, -0.1) is 0 Å². The molecular formula is C18H23N5O2. The van der Waals surface area contributed by atoms with E-state index < -0.39 is 0 Å². The lowest BCUT2D eigenvalue weighted by Gasteiger charge is -2.24. The normalized spacial score (nSPS) is 17.2. The average Bonchev–Trinajstić information content (AvgIpc) is 3.04. The second-order valence-electron chi connectivity index (χ2n) is 6.53. The topological polar surface area (TPSA) is 95.6 Å². The van der Waals surface area contributed by atoms with Crippen LogP contribution in [0.2, 0.25) is 0 Å². The van der Waals surface area contributed by atoms with E-state index in [9.17, 15) is 9.90 Å². The van der Waals surface area contributed by atoms with Gasteiger partial charge in [0.2, 0.25) is 0 Å². The monoisotopic (exact) mass is 341 g/mol. The van der Waals surface area contributed by atoms with E-state index in [0.717, 1.165) is 12.0 Å². The van der Waals surface area contributed by atoms with Crippen LogP contribution in [0.3, 0.4) is 0 Å². The fourth-order valence-corrected chi connectivity index (χ4v) is 3.12. The van der Waals surface area contributed by atoms with Crippen molar-refractivity contribution in [3.63, 3.8) is 0 Å². The molecule has 1 fully saturated rings. The Bertz CT molecular complexity index is 780. The molecule has 1 aromatic carbocycles. The van der Waals surface area contributed by atoms with Crippen LogP contribution in [0.15, 0.2) is 30.5 Å². The number of nitrogens with zero attached hydrogens (tertiary/aromatic N) is 4. The third-order valence-corrected chi connectivity index (χ3v) is 4.58. The minimum absolute atomic E-state index is 0.0370. The quantitative estimate of drug-likeness (QED) is 0.873. The number of hydrogen-bond donors (Lipinski definition) is 2. The van der Waals surface area contributed by atoms with E-state index >= 15 is 0 Å². The number of carbonyl (C=O) groups excluding carboxylic acids is 1. The van der Waals surface area contributed by atoms with Crippen molar-refractivity contribution in [1.29, 1.82) is 0 Å². The summed E-state index contributed by atoms with van der Waals surface area (Å²) >= 11 is 0. The Hall–Kier alpha value is -2.67. The number of likely N-dealkylation sites (N-methyl/N-ethyl adjacent to an activating group) is 1. The smallest absolute Gasteiger partial charge is 0.257 e.